The number of hydrogen-bond donors (Lipinski definition) is 2. The summed E-state index contributed by atoms with van der Waals surface area (Å²) in [5.74, 6) is -0.253. The summed E-state index contributed by atoms with van der Waals surface area (Å²) in [5, 5.41) is 18.3. The lowest BCUT2D eigenvalue weighted by Crippen LogP contribution is -2.24. The molecule has 0 aliphatic rings. The number of aliphatic hydroxyl groups is 1. The fraction of sp³-hybridized carbons (Fsp3) is 0.667. The first kappa shape index (κ1) is 17.7. The van der Waals surface area contributed by atoms with Crippen LogP contribution in [0.25, 0.3) is 0 Å². The highest BCUT2D eigenvalue weighted by atomic mass is 16.5. The van der Waals surface area contributed by atoms with Gasteiger partial charge in [-0.15, -0.1) is 0 Å². The fourth-order valence-electron chi connectivity index (χ4n) is 2.06. The van der Waals surface area contributed by atoms with Gasteiger partial charge in [-0.2, -0.15) is 0 Å². The van der Waals surface area contributed by atoms with Crippen LogP contribution in [0.2, 0.25) is 0 Å². The van der Waals surface area contributed by atoms with Crippen molar-refractivity contribution in [3.05, 3.63) is 28.2 Å². The molecule has 0 saturated carbocycles. The molecule has 0 bridgehead atoms. The summed E-state index contributed by atoms with van der Waals surface area (Å²) in [4.78, 5) is 13.8. The van der Waals surface area contributed by atoms with Gasteiger partial charge in [-0.25, -0.2) is 0 Å². The molecule has 1 aromatic heterocycles. The van der Waals surface area contributed by atoms with Crippen LogP contribution in [0.1, 0.15) is 25.5 Å². The zero-order valence-electron chi connectivity index (χ0n) is 12.9. The van der Waals surface area contributed by atoms with E-state index in [0.29, 0.717) is 19.7 Å². The lowest BCUT2D eigenvalue weighted by molar-refractivity contribution is 0.0861. The van der Waals surface area contributed by atoms with Gasteiger partial charge in [0.25, 0.3) is 0 Å². The van der Waals surface area contributed by atoms with Gasteiger partial charge < -0.3 is 24.4 Å². The van der Waals surface area contributed by atoms with Crippen LogP contribution < -0.4 is 5.43 Å². The first-order valence-electron chi connectivity index (χ1n) is 7.38. The maximum absolute atomic E-state index is 11.6. The number of aromatic hydroxyl groups is 1. The Morgan fingerprint density at radius 1 is 1.38 bits per heavy atom. The van der Waals surface area contributed by atoms with Crippen molar-refractivity contribution in [1.29, 1.82) is 0 Å². The molecule has 0 fully saturated rings. The van der Waals surface area contributed by atoms with E-state index in [2.05, 4.69) is 11.8 Å². The Kier molecular flexibility index (Phi) is 8.04. The van der Waals surface area contributed by atoms with E-state index >= 15 is 0 Å². The van der Waals surface area contributed by atoms with Gasteiger partial charge >= 0.3 is 0 Å². The molecule has 0 aromatic carbocycles. The van der Waals surface area contributed by atoms with E-state index in [1.807, 2.05) is 11.6 Å². The van der Waals surface area contributed by atoms with Crippen LogP contribution in [-0.4, -0.2) is 53.1 Å². The minimum Gasteiger partial charge on any atom is -0.503 e. The smallest absolute Gasteiger partial charge is 0.223 e. The Hall–Kier alpha value is -1.37. The maximum Gasteiger partial charge on any atom is 0.223 e. The molecule has 120 valence electrons. The Morgan fingerprint density at radius 3 is 2.81 bits per heavy atom. The first-order chi connectivity index (χ1) is 10.1. The second kappa shape index (κ2) is 9.55. The van der Waals surface area contributed by atoms with Crippen LogP contribution in [0.4, 0.5) is 0 Å². The number of pyridine rings is 1. The average Bonchev–Trinajstić information content (AvgIpc) is 2.46. The van der Waals surface area contributed by atoms with Crippen molar-refractivity contribution in [2.75, 3.05) is 33.4 Å². The van der Waals surface area contributed by atoms with Crippen molar-refractivity contribution in [2.45, 2.75) is 32.9 Å². The highest BCUT2D eigenvalue weighted by Crippen LogP contribution is 2.08. The van der Waals surface area contributed by atoms with Crippen LogP contribution in [0, 0.1) is 0 Å². The molecule has 1 aromatic rings. The molecule has 0 saturated heterocycles. The number of nitrogens with zero attached hydrogens (tertiary/aromatic N) is 2. The van der Waals surface area contributed by atoms with E-state index in [0.717, 1.165) is 25.1 Å². The number of unbranched alkanes of at least 4 members (excludes halogenated alkanes) is 1. The van der Waals surface area contributed by atoms with Gasteiger partial charge in [-0.05, 0) is 20.0 Å². The van der Waals surface area contributed by atoms with Gasteiger partial charge in [-0.1, -0.05) is 13.3 Å². The maximum atomic E-state index is 11.6. The van der Waals surface area contributed by atoms with E-state index in [4.69, 9.17) is 9.84 Å². The Bertz CT molecular complexity index is 473. The topological polar surface area (TPSA) is 74.9 Å². The van der Waals surface area contributed by atoms with Crippen LogP contribution in [-0.2, 0) is 17.8 Å². The molecule has 0 amide bonds. The molecule has 0 unspecified atom stereocenters. The van der Waals surface area contributed by atoms with Crippen molar-refractivity contribution in [3.63, 3.8) is 0 Å². The molecule has 0 aliphatic carbocycles. The van der Waals surface area contributed by atoms with Crippen molar-refractivity contribution in [1.82, 2.24) is 9.47 Å². The molecule has 6 heteroatoms. The van der Waals surface area contributed by atoms with Gasteiger partial charge in [0.05, 0.1) is 26.0 Å². The number of hydrogen-bond acceptors (Lipinski definition) is 5. The first-order valence-corrected chi connectivity index (χ1v) is 7.38. The zero-order valence-corrected chi connectivity index (χ0v) is 12.9. The molecule has 0 radical (unpaired) electrons. The molecule has 1 rings (SSSR count). The van der Waals surface area contributed by atoms with E-state index < -0.39 is 0 Å². The van der Waals surface area contributed by atoms with E-state index in [1.54, 1.807) is 0 Å². The number of ether oxygens (including phenoxy) is 1. The quantitative estimate of drug-likeness (QED) is 0.625. The second-order valence-corrected chi connectivity index (χ2v) is 5.13. The zero-order chi connectivity index (χ0) is 15.7. The number of aromatic nitrogens is 1. The molecule has 6 nitrogen and oxygen atoms in total. The summed E-state index contributed by atoms with van der Waals surface area (Å²) in [6.07, 6.45) is 3.69. The molecule has 1 heterocycles. The number of aliphatic hydroxyl groups excluding tert-OH is 1. The lowest BCUT2D eigenvalue weighted by atomic mass is 10.2. The minimum absolute atomic E-state index is 0.0119. The summed E-state index contributed by atoms with van der Waals surface area (Å²) in [6, 6.07) is 1.48. The third kappa shape index (κ3) is 6.29. The van der Waals surface area contributed by atoms with Crippen LogP contribution >= 0.6 is 0 Å². The standard InChI is InChI=1S/C15H26N2O4/c1-3-4-5-16(2)11-13-10-14(19)15(20)12-17(13)6-8-21-9-7-18/h10,12,18,20H,3-9,11H2,1-2H3. The van der Waals surface area contributed by atoms with Gasteiger partial charge in [0.15, 0.2) is 5.75 Å². The normalized spacial score (nSPS) is 11.2. The summed E-state index contributed by atoms with van der Waals surface area (Å²) in [7, 11) is 2.01. The van der Waals surface area contributed by atoms with Crippen molar-refractivity contribution >= 4 is 0 Å². The molecule has 0 spiro atoms. The molecule has 2 N–H and O–H groups in total. The van der Waals surface area contributed by atoms with E-state index in [9.17, 15) is 9.90 Å². The molecular formula is C15H26N2O4. The predicted molar refractivity (Wildman–Crippen MR) is 81.5 cm³/mol. The lowest BCUT2D eigenvalue weighted by Gasteiger charge is -2.20. The summed E-state index contributed by atoms with van der Waals surface area (Å²) < 4.78 is 7.07. The molecule has 0 atom stereocenters. The summed E-state index contributed by atoms with van der Waals surface area (Å²) in [5.41, 5.74) is 0.491. The Morgan fingerprint density at radius 2 is 2.14 bits per heavy atom. The van der Waals surface area contributed by atoms with Crippen molar-refractivity contribution in [2.24, 2.45) is 0 Å². The van der Waals surface area contributed by atoms with Gasteiger partial charge in [-0.3, -0.25) is 4.79 Å². The highest BCUT2D eigenvalue weighted by Gasteiger charge is 2.08. The monoisotopic (exact) mass is 298 g/mol. The second-order valence-electron chi connectivity index (χ2n) is 5.13. The van der Waals surface area contributed by atoms with E-state index in [-0.39, 0.29) is 24.4 Å². The van der Waals surface area contributed by atoms with Crippen molar-refractivity contribution < 1.29 is 14.9 Å². The molecule has 0 aliphatic heterocycles. The number of rotatable bonds is 10. The molecular weight excluding hydrogens is 272 g/mol. The van der Waals surface area contributed by atoms with Crippen LogP contribution in [0.5, 0.6) is 5.75 Å². The van der Waals surface area contributed by atoms with Gasteiger partial charge in [0.2, 0.25) is 5.43 Å². The van der Waals surface area contributed by atoms with E-state index in [1.165, 1.54) is 12.3 Å². The van der Waals surface area contributed by atoms with Gasteiger partial charge in [0.1, 0.15) is 0 Å². The molecule has 21 heavy (non-hydrogen) atoms. The Balaban J connectivity index is 2.74. The van der Waals surface area contributed by atoms with Crippen LogP contribution in [0.15, 0.2) is 17.1 Å². The fourth-order valence-corrected chi connectivity index (χ4v) is 2.06. The summed E-state index contributed by atoms with van der Waals surface area (Å²) >= 11 is 0. The highest BCUT2D eigenvalue weighted by molar-refractivity contribution is 5.20. The summed E-state index contributed by atoms with van der Waals surface area (Å²) in [6.45, 7) is 4.99. The third-order valence-corrected chi connectivity index (χ3v) is 3.23. The SMILES string of the molecule is CCCCN(C)Cc1cc(=O)c(O)cn1CCOCCO. The minimum atomic E-state index is -0.360. The predicted octanol–water partition coefficient (Wildman–Crippen LogP) is 0.795. The largest absolute Gasteiger partial charge is 0.503 e. The van der Waals surface area contributed by atoms with Gasteiger partial charge in [0, 0.05) is 24.8 Å². The van der Waals surface area contributed by atoms with Crippen molar-refractivity contribution in [3.8, 4) is 5.75 Å². The van der Waals surface area contributed by atoms with Crippen LogP contribution in [0.3, 0.4) is 0 Å². The Labute approximate surface area is 125 Å². The third-order valence-electron chi connectivity index (χ3n) is 3.23. The average molecular weight is 298 g/mol.